The molecule has 0 aliphatic heterocycles. The number of thioether (sulfide) groups is 2. The fraction of sp³-hybridized carbons (Fsp3) is 0.133. The molecule has 2 aromatic carbocycles. The summed E-state index contributed by atoms with van der Waals surface area (Å²) in [5.74, 6) is -2.08. The molecule has 0 saturated carbocycles. The molecule has 134 valence electrons. The highest BCUT2D eigenvalue weighted by atomic mass is 32.2. The lowest BCUT2D eigenvalue weighted by Gasteiger charge is -2.16. The van der Waals surface area contributed by atoms with Crippen molar-refractivity contribution in [3.05, 3.63) is 52.9 Å². The summed E-state index contributed by atoms with van der Waals surface area (Å²) in [6.45, 7) is 0. The van der Waals surface area contributed by atoms with Crippen LogP contribution in [0.25, 0.3) is 15.7 Å². The number of hydrogen-bond acceptors (Lipinski definition) is 3. The molecule has 0 unspecified atom stereocenters. The van der Waals surface area contributed by atoms with E-state index in [9.17, 15) is 31.1 Å². The smallest absolute Gasteiger partial charge is 0.446 e. The Kier molecular flexibility index (Phi) is 5.62. The van der Waals surface area contributed by atoms with Gasteiger partial charge in [-0.25, -0.2) is 4.79 Å². The first-order chi connectivity index (χ1) is 11.5. The summed E-state index contributed by atoms with van der Waals surface area (Å²) in [5, 5.41) is 9.77. The number of benzene rings is 2. The molecule has 0 bridgehead atoms. The number of halogens is 6. The molecule has 0 radical (unpaired) electrons. The first-order valence-electron chi connectivity index (χ1n) is 6.45. The number of alkyl halides is 6. The van der Waals surface area contributed by atoms with Crippen molar-refractivity contribution in [3.8, 4) is 0 Å². The maximum Gasteiger partial charge on any atom is 0.446 e. The van der Waals surface area contributed by atoms with Gasteiger partial charge in [-0.2, -0.15) is 26.3 Å². The van der Waals surface area contributed by atoms with Crippen LogP contribution in [0.3, 0.4) is 0 Å². The van der Waals surface area contributed by atoms with E-state index in [0.717, 1.165) is 6.07 Å². The molecule has 0 spiro atoms. The van der Waals surface area contributed by atoms with Gasteiger partial charge in [0, 0.05) is 4.91 Å². The molecule has 2 aromatic rings. The van der Waals surface area contributed by atoms with E-state index in [0.29, 0.717) is 5.39 Å². The highest BCUT2D eigenvalue weighted by Gasteiger charge is 2.39. The molecule has 2 rings (SSSR count). The standard InChI is InChI=1S/C15H8F6O2S2/c16-14(17,18)24-11(12(13(22)23)25-15(19,20)21)10-7-3-5-8-4-1-2-6-9(8)10/h1-7H,(H,22,23)/b12-11-. The van der Waals surface area contributed by atoms with E-state index in [-0.39, 0.29) is 10.9 Å². The second-order valence-corrected chi connectivity index (χ2v) is 6.74. The van der Waals surface area contributed by atoms with Gasteiger partial charge in [0.25, 0.3) is 0 Å². The Morgan fingerprint density at radius 3 is 1.96 bits per heavy atom. The molecular formula is C15H8F6O2S2. The van der Waals surface area contributed by atoms with Crippen molar-refractivity contribution in [2.75, 3.05) is 0 Å². The summed E-state index contributed by atoms with van der Waals surface area (Å²) in [7, 11) is 0. The van der Waals surface area contributed by atoms with Crippen LogP contribution in [-0.2, 0) is 4.79 Å². The van der Waals surface area contributed by atoms with Crippen molar-refractivity contribution >= 4 is 45.2 Å². The van der Waals surface area contributed by atoms with Crippen LogP contribution in [-0.4, -0.2) is 22.1 Å². The van der Waals surface area contributed by atoms with Crippen molar-refractivity contribution in [1.82, 2.24) is 0 Å². The first kappa shape index (κ1) is 19.5. The lowest BCUT2D eigenvalue weighted by Crippen LogP contribution is -2.10. The summed E-state index contributed by atoms with van der Waals surface area (Å²) in [6, 6.07) is 10.2. The highest BCUT2D eigenvalue weighted by molar-refractivity contribution is 8.12. The number of aliphatic carboxylic acids is 1. The van der Waals surface area contributed by atoms with Gasteiger partial charge in [0.2, 0.25) is 0 Å². The monoisotopic (exact) mass is 398 g/mol. The summed E-state index contributed by atoms with van der Waals surface area (Å²) in [4.78, 5) is 8.83. The fourth-order valence-corrected chi connectivity index (χ4v) is 3.54. The minimum atomic E-state index is -5.05. The van der Waals surface area contributed by atoms with Crippen molar-refractivity contribution < 1.29 is 36.2 Å². The normalized spacial score (nSPS) is 13.7. The molecule has 0 aliphatic carbocycles. The summed E-state index contributed by atoms with van der Waals surface area (Å²) < 4.78 is 76.7. The molecule has 1 N–H and O–H groups in total. The Bertz CT molecular complexity index is 821. The van der Waals surface area contributed by atoms with Crippen molar-refractivity contribution in [1.29, 1.82) is 0 Å². The molecule has 25 heavy (non-hydrogen) atoms. The SMILES string of the molecule is O=C(O)/C(SC(F)(F)F)=C(/SC(F)(F)F)c1cccc2ccccc12. The zero-order valence-corrected chi connectivity index (χ0v) is 13.6. The molecule has 0 atom stereocenters. The van der Waals surface area contributed by atoms with E-state index in [2.05, 4.69) is 0 Å². The topological polar surface area (TPSA) is 37.3 Å². The number of fused-ring (bicyclic) bond motifs is 1. The van der Waals surface area contributed by atoms with Gasteiger partial charge in [-0.15, -0.1) is 0 Å². The lowest BCUT2D eigenvalue weighted by atomic mass is 10.0. The first-order valence-corrected chi connectivity index (χ1v) is 8.08. The van der Waals surface area contributed by atoms with Crippen LogP contribution >= 0.6 is 23.5 Å². The molecule has 0 amide bonds. The maximum absolute atomic E-state index is 12.9. The van der Waals surface area contributed by atoms with Gasteiger partial charge in [-0.1, -0.05) is 42.5 Å². The predicted molar refractivity (Wildman–Crippen MR) is 85.8 cm³/mol. The Morgan fingerprint density at radius 1 is 0.840 bits per heavy atom. The van der Waals surface area contributed by atoms with Crippen LogP contribution in [0.1, 0.15) is 5.56 Å². The van der Waals surface area contributed by atoms with Crippen LogP contribution in [0.2, 0.25) is 0 Å². The third kappa shape index (κ3) is 5.33. The molecule has 0 heterocycles. The van der Waals surface area contributed by atoms with E-state index in [1.165, 1.54) is 18.2 Å². The van der Waals surface area contributed by atoms with E-state index >= 15 is 0 Å². The van der Waals surface area contributed by atoms with Gasteiger partial charge < -0.3 is 5.11 Å². The third-order valence-electron chi connectivity index (χ3n) is 2.87. The quantitative estimate of drug-likeness (QED) is 0.499. The van der Waals surface area contributed by atoms with Crippen LogP contribution < -0.4 is 0 Å². The van der Waals surface area contributed by atoms with Crippen molar-refractivity contribution in [2.24, 2.45) is 0 Å². The minimum absolute atomic E-state index is 0.221. The summed E-state index contributed by atoms with van der Waals surface area (Å²) >= 11 is -1.95. The zero-order chi connectivity index (χ0) is 18.8. The Morgan fingerprint density at radius 2 is 1.40 bits per heavy atom. The van der Waals surface area contributed by atoms with Crippen LogP contribution in [0.15, 0.2) is 47.4 Å². The average Bonchev–Trinajstić information content (AvgIpc) is 2.48. The molecular weight excluding hydrogens is 390 g/mol. The van der Waals surface area contributed by atoms with Gasteiger partial charge in [-0.05, 0) is 39.9 Å². The van der Waals surface area contributed by atoms with Crippen LogP contribution in [0, 0.1) is 0 Å². The van der Waals surface area contributed by atoms with E-state index in [4.69, 9.17) is 5.11 Å². The molecule has 0 aromatic heterocycles. The zero-order valence-electron chi connectivity index (χ0n) is 12.0. The number of carboxylic acids is 1. The lowest BCUT2D eigenvalue weighted by molar-refractivity contribution is -0.131. The second-order valence-electron chi connectivity index (χ2n) is 4.59. The van der Waals surface area contributed by atoms with Gasteiger partial charge >= 0.3 is 17.0 Å². The average molecular weight is 398 g/mol. The maximum atomic E-state index is 12.9. The van der Waals surface area contributed by atoms with E-state index in [1.807, 2.05) is 0 Å². The Balaban J connectivity index is 2.78. The largest absolute Gasteiger partial charge is 0.477 e. The third-order valence-corrected chi connectivity index (χ3v) is 4.67. The Labute approximate surface area is 145 Å². The molecule has 0 aliphatic rings. The predicted octanol–water partition coefficient (Wildman–Crippen LogP) is 6.10. The van der Waals surface area contributed by atoms with E-state index in [1.54, 1.807) is 18.2 Å². The fourth-order valence-electron chi connectivity index (χ4n) is 2.07. The summed E-state index contributed by atoms with van der Waals surface area (Å²) in [5.41, 5.74) is -10.2. The van der Waals surface area contributed by atoms with Gasteiger partial charge in [-0.3, -0.25) is 0 Å². The Hall–Kier alpha value is -1.81. The number of rotatable bonds is 4. The number of carboxylic acid groups (broad SMARTS) is 1. The van der Waals surface area contributed by atoms with Crippen molar-refractivity contribution in [3.63, 3.8) is 0 Å². The van der Waals surface area contributed by atoms with Crippen LogP contribution in [0.5, 0.6) is 0 Å². The minimum Gasteiger partial charge on any atom is -0.477 e. The molecule has 0 saturated heterocycles. The molecule has 2 nitrogen and oxygen atoms in total. The van der Waals surface area contributed by atoms with Gasteiger partial charge in [0.15, 0.2) is 0 Å². The van der Waals surface area contributed by atoms with Crippen LogP contribution in [0.4, 0.5) is 26.3 Å². The van der Waals surface area contributed by atoms with Crippen molar-refractivity contribution in [2.45, 2.75) is 11.0 Å². The second kappa shape index (κ2) is 7.20. The van der Waals surface area contributed by atoms with Gasteiger partial charge in [0.05, 0.1) is 0 Å². The summed E-state index contributed by atoms with van der Waals surface area (Å²) in [6.07, 6.45) is 0. The van der Waals surface area contributed by atoms with Gasteiger partial charge in [0.1, 0.15) is 4.91 Å². The number of hydrogen-bond donors (Lipinski definition) is 1. The number of carbonyl (C=O) groups is 1. The van der Waals surface area contributed by atoms with E-state index < -0.39 is 50.3 Å². The highest BCUT2D eigenvalue weighted by Crippen LogP contribution is 2.49. The molecule has 10 heteroatoms. The molecule has 0 fully saturated rings.